The van der Waals surface area contributed by atoms with Crippen molar-refractivity contribution in [3.63, 3.8) is 0 Å². The number of amides is 1. The molecule has 6 aromatic rings. The van der Waals surface area contributed by atoms with E-state index in [0.29, 0.717) is 61.5 Å². The number of rotatable bonds is 13. The second-order valence-electron chi connectivity index (χ2n) is 12.7. The summed E-state index contributed by atoms with van der Waals surface area (Å²) in [5, 5.41) is 14.3. The number of aliphatic imine (C=N–C) groups is 1. The van der Waals surface area contributed by atoms with E-state index in [9.17, 15) is 14.4 Å². The number of hydrogen-bond donors (Lipinski definition) is 2. The summed E-state index contributed by atoms with van der Waals surface area (Å²) in [6.45, 7) is 8.02. The molecule has 54 heavy (non-hydrogen) atoms. The number of nitrogens with one attached hydrogen (secondary N) is 2. The van der Waals surface area contributed by atoms with E-state index in [0.717, 1.165) is 44.1 Å². The van der Waals surface area contributed by atoms with Crippen LogP contribution in [0.2, 0.25) is 5.02 Å². The molecule has 1 amide bonds. The Hall–Kier alpha value is -5.44. The molecule has 0 unspecified atom stereocenters. The summed E-state index contributed by atoms with van der Waals surface area (Å²) in [4.78, 5) is 49.9. The number of H-pyrrole nitrogens is 1. The first-order valence-electron chi connectivity index (χ1n) is 17.2. The number of fused-ring (bicyclic) bond motifs is 4. The summed E-state index contributed by atoms with van der Waals surface area (Å²) in [6.07, 6.45) is 4.44. The van der Waals surface area contributed by atoms with Gasteiger partial charge in [-0.2, -0.15) is 0 Å². The van der Waals surface area contributed by atoms with Crippen molar-refractivity contribution >= 4 is 45.5 Å². The third-order valence-electron chi connectivity index (χ3n) is 8.97. The van der Waals surface area contributed by atoms with Crippen LogP contribution in [0.15, 0.2) is 81.6 Å². The minimum atomic E-state index is -0.536. The van der Waals surface area contributed by atoms with E-state index in [1.165, 1.54) is 21.7 Å². The zero-order valence-electron chi connectivity index (χ0n) is 29.4. The fraction of sp³-hybridized carbons (Fsp3) is 0.308. The van der Waals surface area contributed by atoms with Gasteiger partial charge in [0, 0.05) is 64.9 Å². The minimum absolute atomic E-state index is 0. The van der Waals surface area contributed by atoms with Gasteiger partial charge in [-0.05, 0) is 69.2 Å². The van der Waals surface area contributed by atoms with Crippen LogP contribution in [-0.4, -0.2) is 67.3 Å². The Labute approximate surface area is 320 Å². The highest BCUT2D eigenvalue weighted by molar-refractivity contribution is 7.15. The van der Waals surface area contributed by atoms with Gasteiger partial charge in [-0.15, -0.1) is 21.5 Å². The smallest absolute Gasteiger partial charge is 0.332 e. The van der Waals surface area contributed by atoms with E-state index in [-0.39, 0.29) is 19.8 Å². The molecule has 15 heteroatoms. The molecule has 0 saturated heterocycles. The molecule has 2 N–H and O–H groups in total. The van der Waals surface area contributed by atoms with Crippen molar-refractivity contribution in [2.24, 2.45) is 4.99 Å². The highest BCUT2D eigenvalue weighted by Gasteiger charge is 2.32. The van der Waals surface area contributed by atoms with Gasteiger partial charge in [0.2, 0.25) is 5.91 Å². The first kappa shape index (κ1) is 38.3. The number of carbonyl (C=O) groups is 1. The number of halogens is 1. The maximum Gasteiger partial charge on any atom is 0.332 e. The number of aromatic amines is 1. The van der Waals surface area contributed by atoms with Gasteiger partial charge in [-0.3, -0.25) is 33.7 Å². The molecule has 0 aliphatic carbocycles. The molecule has 0 fully saturated rings. The zero-order valence-corrected chi connectivity index (χ0v) is 31.0. The Morgan fingerprint density at radius 3 is 2.59 bits per heavy atom. The SMILES string of the molecule is C.Cc1sc2c(c1C)C(c1ccc(Cl)cc1)=N[C@@H](CC(=O)NCCCOCCCOc1ccc3ncc(-n4ccc(=O)[nH]c4=O)cc3c1)c1nnc(C)n1-2. The van der Waals surface area contributed by atoms with Crippen molar-refractivity contribution in [2.45, 2.75) is 53.5 Å². The lowest BCUT2D eigenvalue weighted by atomic mass is 9.99. The highest BCUT2D eigenvalue weighted by Crippen LogP contribution is 2.39. The van der Waals surface area contributed by atoms with Gasteiger partial charge in [0.1, 0.15) is 22.6 Å². The van der Waals surface area contributed by atoms with Gasteiger partial charge in [-0.1, -0.05) is 31.2 Å². The first-order chi connectivity index (χ1) is 25.7. The van der Waals surface area contributed by atoms with Crippen molar-refractivity contribution in [3.05, 3.63) is 126 Å². The van der Waals surface area contributed by atoms with Crippen molar-refractivity contribution in [1.29, 1.82) is 0 Å². The maximum absolute atomic E-state index is 13.2. The minimum Gasteiger partial charge on any atom is -0.493 e. The lowest BCUT2D eigenvalue weighted by Crippen LogP contribution is -2.27. The van der Waals surface area contributed by atoms with Crippen LogP contribution in [-0.2, 0) is 9.53 Å². The van der Waals surface area contributed by atoms with Crippen molar-refractivity contribution in [2.75, 3.05) is 26.4 Å². The van der Waals surface area contributed by atoms with Crippen LogP contribution in [0.4, 0.5) is 0 Å². The average molecular weight is 769 g/mol. The molecule has 13 nitrogen and oxygen atoms in total. The van der Waals surface area contributed by atoms with Gasteiger partial charge < -0.3 is 14.8 Å². The average Bonchev–Trinajstić information content (AvgIpc) is 3.62. The first-order valence-corrected chi connectivity index (χ1v) is 18.4. The van der Waals surface area contributed by atoms with Gasteiger partial charge in [0.25, 0.3) is 5.56 Å². The molecule has 0 spiro atoms. The van der Waals surface area contributed by atoms with E-state index in [4.69, 9.17) is 26.1 Å². The summed E-state index contributed by atoms with van der Waals surface area (Å²) in [6, 6.07) is 15.7. The summed E-state index contributed by atoms with van der Waals surface area (Å²) < 4.78 is 15.1. The van der Waals surface area contributed by atoms with E-state index in [2.05, 4.69) is 39.3 Å². The largest absolute Gasteiger partial charge is 0.493 e. The molecule has 1 aliphatic rings. The van der Waals surface area contributed by atoms with Gasteiger partial charge in [0.05, 0.1) is 36.1 Å². The molecule has 1 atom stereocenters. The normalized spacial score (nSPS) is 13.4. The predicted molar refractivity (Wildman–Crippen MR) is 211 cm³/mol. The van der Waals surface area contributed by atoms with Crippen LogP contribution in [0.25, 0.3) is 21.6 Å². The molecule has 1 aliphatic heterocycles. The van der Waals surface area contributed by atoms with Gasteiger partial charge in [-0.25, -0.2) is 4.79 Å². The summed E-state index contributed by atoms with van der Waals surface area (Å²) in [5.74, 6) is 1.92. The number of nitrogens with zero attached hydrogens (tertiary/aromatic N) is 6. The van der Waals surface area contributed by atoms with E-state index in [1.807, 2.05) is 60.0 Å². The summed E-state index contributed by atoms with van der Waals surface area (Å²) >= 11 is 7.89. The molecule has 0 saturated carbocycles. The topological polar surface area (TPSA) is 158 Å². The molecule has 280 valence electrons. The van der Waals surface area contributed by atoms with Crippen LogP contribution in [0, 0.1) is 20.8 Å². The van der Waals surface area contributed by atoms with Crippen molar-refractivity contribution < 1.29 is 14.3 Å². The van der Waals surface area contributed by atoms with Crippen LogP contribution < -0.4 is 21.3 Å². The van der Waals surface area contributed by atoms with Gasteiger partial charge >= 0.3 is 5.69 Å². The van der Waals surface area contributed by atoms with Crippen molar-refractivity contribution in [3.8, 4) is 16.4 Å². The number of pyridine rings is 1. The second kappa shape index (κ2) is 16.7. The number of aryl methyl sites for hydroxylation is 2. The maximum atomic E-state index is 13.2. The zero-order chi connectivity index (χ0) is 37.1. The highest BCUT2D eigenvalue weighted by atomic mass is 35.5. The fourth-order valence-electron chi connectivity index (χ4n) is 6.18. The quantitative estimate of drug-likeness (QED) is 0.131. The summed E-state index contributed by atoms with van der Waals surface area (Å²) in [7, 11) is 0. The van der Waals surface area contributed by atoms with Crippen molar-refractivity contribution in [1.82, 2.24) is 34.6 Å². The van der Waals surface area contributed by atoms with Crippen LogP contribution in [0.3, 0.4) is 0 Å². The molecule has 4 aromatic heterocycles. The number of carbonyl (C=O) groups excluding carboxylic acids is 1. The monoisotopic (exact) mass is 768 g/mol. The Morgan fingerprint density at radius 1 is 1.00 bits per heavy atom. The third kappa shape index (κ3) is 8.20. The third-order valence-corrected chi connectivity index (χ3v) is 10.4. The number of thiophene rings is 1. The van der Waals surface area contributed by atoms with Gasteiger partial charge in [0.15, 0.2) is 5.82 Å². The molecule has 7 rings (SSSR count). The Bertz CT molecular complexity index is 2450. The standard InChI is InChI=1S/C38H37ClN8O5S.CH4/c1-22-23(2)53-37-34(22)35(25-6-8-27(39)9-7-25)42-31(36-45-44-24(3)47(36)37)20-33(49)40-13-4-15-51-16-5-17-52-29-10-11-30-26(19-29)18-28(21-41-30)46-14-12-32(48)43-38(46)50;/h6-12,14,18-19,21,31H,4-5,13,15-17,20H2,1-3H3,(H,40,49)(H,43,48,50);1H4/t31-;/m0./s1. The molecule has 2 aromatic carbocycles. The number of benzene rings is 2. The van der Waals surface area contributed by atoms with E-state index < -0.39 is 17.3 Å². The lowest BCUT2D eigenvalue weighted by Gasteiger charge is -2.13. The lowest BCUT2D eigenvalue weighted by molar-refractivity contribution is -0.121. The second-order valence-corrected chi connectivity index (χ2v) is 14.3. The molecular formula is C39H41ClN8O5S. The Balaban J connectivity index is 0.00000497. The Morgan fingerprint density at radius 2 is 1.80 bits per heavy atom. The fourth-order valence-corrected chi connectivity index (χ4v) is 7.52. The molecule has 0 radical (unpaired) electrons. The van der Waals surface area contributed by atoms with Crippen LogP contribution in [0.5, 0.6) is 5.75 Å². The predicted octanol–water partition coefficient (Wildman–Crippen LogP) is 6.21. The van der Waals surface area contributed by atoms with Crippen LogP contribution in [0.1, 0.15) is 65.9 Å². The summed E-state index contributed by atoms with van der Waals surface area (Å²) in [5.41, 5.74) is 4.18. The van der Waals surface area contributed by atoms with E-state index >= 15 is 0 Å². The van der Waals surface area contributed by atoms with Crippen LogP contribution >= 0.6 is 22.9 Å². The molecule has 0 bridgehead atoms. The number of ether oxygens (including phenoxy) is 2. The molecule has 5 heterocycles. The number of aromatic nitrogens is 6. The Kier molecular flexibility index (Phi) is 11.8. The molecular weight excluding hydrogens is 728 g/mol. The number of hydrogen-bond acceptors (Lipinski definition) is 10. The van der Waals surface area contributed by atoms with E-state index in [1.54, 1.807) is 17.5 Å².